The van der Waals surface area contributed by atoms with Gasteiger partial charge in [0.25, 0.3) is 5.91 Å². The molecular weight excluding hydrogens is 392 g/mol. The lowest BCUT2D eigenvalue weighted by Gasteiger charge is -2.06. The maximum atomic E-state index is 12.7. The third-order valence-electron chi connectivity index (χ3n) is 4.57. The van der Waals surface area contributed by atoms with Gasteiger partial charge in [0.1, 0.15) is 0 Å². The van der Waals surface area contributed by atoms with Crippen molar-refractivity contribution in [2.24, 2.45) is 4.99 Å². The Balaban J connectivity index is 2.04. The molecule has 3 aromatic rings. The first-order valence-electron chi connectivity index (χ1n) is 8.81. The van der Waals surface area contributed by atoms with Crippen LogP contribution in [0.4, 0.5) is 0 Å². The molecule has 28 heavy (non-hydrogen) atoms. The number of thiazole rings is 1. The Labute approximate surface area is 172 Å². The molecule has 0 atom stereocenters. The van der Waals surface area contributed by atoms with E-state index in [0.29, 0.717) is 15.9 Å². The largest absolute Gasteiger partial charge is 0.465 e. The topological polar surface area (TPSA) is 60.7 Å². The first-order chi connectivity index (χ1) is 13.4. The molecule has 0 saturated carbocycles. The first kappa shape index (κ1) is 20.4. The Hall–Kier alpha value is -2.38. The summed E-state index contributed by atoms with van der Waals surface area (Å²) in [7, 11) is 1.33. The number of hydrogen-bond donors (Lipinski definition) is 0. The zero-order chi connectivity index (χ0) is 20.3. The summed E-state index contributed by atoms with van der Waals surface area (Å²) in [6.45, 7) is 4.97. The number of esters is 1. The lowest BCUT2D eigenvalue weighted by molar-refractivity contribution is 0.0600. The number of ether oxygens (including phenoxy) is 1. The molecule has 5 nitrogen and oxygen atoms in total. The molecule has 1 amide bonds. The van der Waals surface area contributed by atoms with E-state index in [2.05, 4.69) is 46.5 Å². The molecule has 0 radical (unpaired) electrons. The molecule has 0 bridgehead atoms. The molecule has 0 saturated heterocycles. The molecule has 0 spiro atoms. The van der Waals surface area contributed by atoms with Crippen LogP contribution in [0, 0.1) is 13.8 Å². The van der Waals surface area contributed by atoms with E-state index in [1.165, 1.54) is 29.6 Å². The van der Waals surface area contributed by atoms with Crippen LogP contribution in [0.2, 0.25) is 0 Å². The van der Waals surface area contributed by atoms with Crippen molar-refractivity contribution in [2.45, 2.75) is 20.4 Å². The maximum absolute atomic E-state index is 12.7. The molecule has 2 aromatic carbocycles. The highest BCUT2D eigenvalue weighted by molar-refractivity contribution is 7.98. The molecule has 0 aliphatic heterocycles. The van der Waals surface area contributed by atoms with Gasteiger partial charge in [-0.1, -0.05) is 11.3 Å². The highest BCUT2D eigenvalue weighted by Crippen LogP contribution is 2.22. The van der Waals surface area contributed by atoms with Crippen molar-refractivity contribution in [2.75, 3.05) is 19.1 Å². The molecular formula is C21H22N2O3S2. The minimum atomic E-state index is -0.430. The van der Waals surface area contributed by atoms with E-state index in [9.17, 15) is 9.59 Å². The number of methoxy groups -OCH3 is 1. The van der Waals surface area contributed by atoms with Crippen molar-refractivity contribution in [3.63, 3.8) is 0 Å². The van der Waals surface area contributed by atoms with Gasteiger partial charge in [-0.25, -0.2) is 4.79 Å². The van der Waals surface area contributed by atoms with Crippen LogP contribution < -0.4 is 4.80 Å². The number of amides is 1. The molecule has 0 fully saturated rings. The summed E-state index contributed by atoms with van der Waals surface area (Å²) in [5.41, 5.74) is 4.40. The van der Waals surface area contributed by atoms with Crippen molar-refractivity contribution in [1.29, 1.82) is 0 Å². The van der Waals surface area contributed by atoms with Crippen LogP contribution in [0.1, 0.15) is 31.8 Å². The lowest BCUT2D eigenvalue weighted by Crippen LogP contribution is -2.18. The summed E-state index contributed by atoms with van der Waals surface area (Å²) >= 11 is 3.28. The van der Waals surface area contributed by atoms with E-state index >= 15 is 0 Å². The fraction of sp³-hybridized carbons (Fsp3) is 0.286. The molecule has 1 heterocycles. The third-order valence-corrected chi connectivity index (χ3v) is 6.20. The van der Waals surface area contributed by atoms with Gasteiger partial charge < -0.3 is 9.30 Å². The molecule has 7 heteroatoms. The number of carbonyl (C=O) groups excluding carboxylic acids is 2. The standard InChI is InChI=1S/C21H22N2O3S2/c1-13-11-17-18(12-14(13)2)28-21(23(17)9-10-27-4)22-19(24)15-5-7-16(8-6-15)20(25)26-3/h5-8,11-12H,9-10H2,1-4H3. The van der Waals surface area contributed by atoms with E-state index < -0.39 is 5.97 Å². The molecule has 3 rings (SSSR count). The van der Waals surface area contributed by atoms with Crippen molar-refractivity contribution >= 4 is 45.2 Å². The molecule has 146 valence electrons. The number of aryl methyl sites for hydroxylation is 3. The molecule has 0 N–H and O–H groups in total. The number of fused-ring (bicyclic) bond motifs is 1. The fourth-order valence-electron chi connectivity index (χ4n) is 2.82. The second-order valence-electron chi connectivity index (χ2n) is 6.42. The molecule has 1 aromatic heterocycles. The van der Waals surface area contributed by atoms with Crippen molar-refractivity contribution in [3.8, 4) is 0 Å². The number of thioether (sulfide) groups is 1. The number of carbonyl (C=O) groups is 2. The van der Waals surface area contributed by atoms with Crippen molar-refractivity contribution < 1.29 is 14.3 Å². The van der Waals surface area contributed by atoms with E-state index in [4.69, 9.17) is 0 Å². The van der Waals surface area contributed by atoms with Crippen molar-refractivity contribution in [3.05, 3.63) is 63.5 Å². The van der Waals surface area contributed by atoms with Crippen LogP contribution in [0.15, 0.2) is 41.4 Å². The lowest BCUT2D eigenvalue weighted by atomic mass is 10.1. The summed E-state index contributed by atoms with van der Waals surface area (Å²) < 4.78 is 7.92. The van der Waals surface area contributed by atoms with Gasteiger partial charge in [-0.2, -0.15) is 16.8 Å². The normalized spacial score (nSPS) is 11.8. The second-order valence-corrected chi connectivity index (χ2v) is 8.41. The van der Waals surface area contributed by atoms with Crippen molar-refractivity contribution in [1.82, 2.24) is 4.57 Å². The predicted molar refractivity (Wildman–Crippen MR) is 115 cm³/mol. The Morgan fingerprint density at radius 1 is 1.11 bits per heavy atom. The number of benzene rings is 2. The minimum absolute atomic E-state index is 0.325. The van der Waals surface area contributed by atoms with Gasteiger partial charge in [0.2, 0.25) is 0 Å². The van der Waals surface area contributed by atoms with Crippen LogP contribution in [0.25, 0.3) is 10.2 Å². The summed E-state index contributed by atoms with van der Waals surface area (Å²) in [5.74, 6) is 0.184. The summed E-state index contributed by atoms with van der Waals surface area (Å²) in [6, 6.07) is 10.7. The van der Waals surface area contributed by atoms with Gasteiger partial charge in [0.15, 0.2) is 4.80 Å². The Morgan fingerprint density at radius 2 is 1.75 bits per heavy atom. The molecule has 0 aliphatic rings. The number of nitrogens with zero attached hydrogens (tertiary/aromatic N) is 2. The Morgan fingerprint density at radius 3 is 2.39 bits per heavy atom. The average molecular weight is 415 g/mol. The third kappa shape index (κ3) is 4.20. The van der Waals surface area contributed by atoms with Gasteiger partial charge in [-0.05, 0) is 67.6 Å². The zero-order valence-electron chi connectivity index (χ0n) is 16.3. The average Bonchev–Trinajstić information content (AvgIpc) is 3.01. The summed E-state index contributed by atoms with van der Waals surface area (Å²) in [4.78, 5) is 29.3. The van der Waals surface area contributed by atoms with Gasteiger partial charge in [0.05, 0.1) is 22.9 Å². The maximum Gasteiger partial charge on any atom is 0.337 e. The van der Waals surface area contributed by atoms with Crippen LogP contribution >= 0.6 is 23.1 Å². The van der Waals surface area contributed by atoms with E-state index in [1.54, 1.807) is 36.0 Å². The summed E-state index contributed by atoms with van der Waals surface area (Å²) in [6.07, 6.45) is 2.06. The number of hydrogen-bond acceptors (Lipinski definition) is 5. The second kappa shape index (κ2) is 8.75. The van der Waals surface area contributed by atoms with Gasteiger partial charge in [0, 0.05) is 17.9 Å². The predicted octanol–water partition coefficient (Wildman–Crippen LogP) is 4.21. The Bertz CT molecular complexity index is 1100. The van der Waals surface area contributed by atoms with Crippen LogP contribution in [0.5, 0.6) is 0 Å². The van der Waals surface area contributed by atoms with Crippen LogP contribution in [0.3, 0.4) is 0 Å². The molecule has 0 unspecified atom stereocenters. The first-order valence-corrected chi connectivity index (χ1v) is 11.0. The highest BCUT2D eigenvalue weighted by Gasteiger charge is 2.12. The van der Waals surface area contributed by atoms with Gasteiger partial charge in [-0.3, -0.25) is 4.79 Å². The SMILES string of the molecule is COC(=O)c1ccc(C(=O)N=c2sc3cc(C)c(C)cc3n2CCSC)cc1. The highest BCUT2D eigenvalue weighted by atomic mass is 32.2. The van der Waals surface area contributed by atoms with Gasteiger partial charge >= 0.3 is 5.97 Å². The fourth-order valence-corrected chi connectivity index (χ4v) is 4.32. The van der Waals surface area contributed by atoms with E-state index in [0.717, 1.165) is 22.5 Å². The van der Waals surface area contributed by atoms with E-state index in [1.807, 2.05) is 0 Å². The van der Waals surface area contributed by atoms with Crippen LogP contribution in [-0.4, -0.2) is 35.6 Å². The van der Waals surface area contributed by atoms with Crippen LogP contribution in [-0.2, 0) is 11.3 Å². The monoisotopic (exact) mass is 414 g/mol. The zero-order valence-corrected chi connectivity index (χ0v) is 17.9. The van der Waals surface area contributed by atoms with Gasteiger partial charge in [-0.15, -0.1) is 0 Å². The number of aromatic nitrogens is 1. The smallest absolute Gasteiger partial charge is 0.337 e. The Kier molecular flexibility index (Phi) is 6.36. The number of rotatable bonds is 5. The van der Waals surface area contributed by atoms with E-state index in [-0.39, 0.29) is 5.91 Å². The summed E-state index contributed by atoms with van der Waals surface area (Å²) in [5, 5.41) is 0. The quantitative estimate of drug-likeness (QED) is 0.587. The molecule has 0 aliphatic carbocycles. The minimum Gasteiger partial charge on any atom is -0.465 e.